The Kier molecular flexibility index (Phi) is 3.28. The highest BCUT2D eigenvalue weighted by molar-refractivity contribution is 6.48. The Bertz CT molecular complexity index is 642. The van der Waals surface area contributed by atoms with Gasteiger partial charge in [-0.05, 0) is 12.1 Å². The number of carbonyl (C=O) groups is 1. The quantitative estimate of drug-likeness (QED) is 0.641. The average molecular weight is 285 g/mol. The fourth-order valence-electron chi connectivity index (χ4n) is 2.27. The molecule has 3 nitrogen and oxygen atoms in total. The fraction of sp³-hybridized carbons (Fsp3) is 0.125. The van der Waals surface area contributed by atoms with E-state index < -0.39 is 4.87 Å². The summed E-state index contributed by atoms with van der Waals surface area (Å²) in [5.41, 5.74) is 2.39. The molecule has 1 unspecified atom stereocenters. The molecule has 1 atom stereocenters. The molecule has 4 heteroatoms. The van der Waals surface area contributed by atoms with E-state index in [2.05, 4.69) is 5.10 Å². The molecule has 2 aromatic carbocycles. The van der Waals surface area contributed by atoms with Crippen molar-refractivity contribution in [2.75, 3.05) is 11.6 Å². The minimum atomic E-state index is -1.10. The van der Waals surface area contributed by atoms with E-state index in [1.165, 1.54) is 0 Å². The van der Waals surface area contributed by atoms with E-state index in [-0.39, 0.29) is 0 Å². The van der Waals surface area contributed by atoms with E-state index in [0.29, 0.717) is 12.3 Å². The maximum atomic E-state index is 11.5. The Labute approximate surface area is 122 Å². The summed E-state index contributed by atoms with van der Waals surface area (Å²) >= 11 is 6.46. The Morgan fingerprint density at radius 1 is 1.05 bits per heavy atom. The van der Waals surface area contributed by atoms with E-state index in [1.54, 1.807) is 5.01 Å². The van der Waals surface area contributed by atoms with Crippen molar-refractivity contribution >= 4 is 29.3 Å². The van der Waals surface area contributed by atoms with Crippen LogP contribution in [0.3, 0.4) is 0 Å². The van der Waals surface area contributed by atoms with Gasteiger partial charge in [0.05, 0.1) is 17.9 Å². The number of para-hydroxylation sites is 1. The lowest BCUT2D eigenvalue weighted by atomic mass is 9.98. The number of carbonyl (C=O) groups excluding carboxylic acids is 1. The van der Waals surface area contributed by atoms with Gasteiger partial charge in [-0.15, -0.1) is 11.6 Å². The van der Waals surface area contributed by atoms with Gasteiger partial charge in [0.2, 0.25) is 0 Å². The molecular formula is C16H13ClN2O. The second-order valence-corrected chi connectivity index (χ2v) is 5.36. The van der Waals surface area contributed by atoms with Crippen LogP contribution in [0.25, 0.3) is 0 Å². The van der Waals surface area contributed by atoms with Crippen molar-refractivity contribution in [3.8, 4) is 0 Å². The zero-order valence-corrected chi connectivity index (χ0v) is 11.5. The van der Waals surface area contributed by atoms with Crippen LogP contribution in [0.5, 0.6) is 0 Å². The number of hydrogen-bond donors (Lipinski definition) is 0. The number of halogens is 1. The molecule has 20 heavy (non-hydrogen) atoms. The van der Waals surface area contributed by atoms with Gasteiger partial charge in [-0.3, -0.25) is 5.01 Å². The van der Waals surface area contributed by atoms with Crippen LogP contribution < -0.4 is 5.01 Å². The third-order valence-electron chi connectivity index (χ3n) is 3.28. The second-order valence-electron chi connectivity index (χ2n) is 4.69. The van der Waals surface area contributed by atoms with Crippen molar-refractivity contribution in [2.45, 2.75) is 4.87 Å². The molecule has 3 rings (SSSR count). The molecule has 0 amide bonds. The number of benzene rings is 2. The van der Waals surface area contributed by atoms with Gasteiger partial charge >= 0.3 is 0 Å². The molecule has 0 saturated carbocycles. The summed E-state index contributed by atoms with van der Waals surface area (Å²) in [6.45, 7) is 0.340. The van der Waals surface area contributed by atoms with Crippen molar-refractivity contribution < 1.29 is 4.79 Å². The SMILES string of the molecule is O=CC1(Cl)CN(c2ccccc2)N=C1c1ccccc1. The summed E-state index contributed by atoms with van der Waals surface area (Å²) in [7, 11) is 0. The Hall–Kier alpha value is -2.13. The number of rotatable bonds is 3. The van der Waals surface area contributed by atoms with Crippen LogP contribution in [0.2, 0.25) is 0 Å². The lowest BCUT2D eigenvalue weighted by Gasteiger charge is -2.18. The topological polar surface area (TPSA) is 32.7 Å². The van der Waals surface area contributed by atoms with Crippen molar-refractivity contribution in [2.24, 2.45) is 5.10 Å². The third kappa shape index (κ3) is 2.21. The van der Waals surface area contributed by atoms with Gasteiger partial charge in [0.15, 0.2) is 4.87 Å². The summed E-state index contributed by atoms with van der Waals surface area (Å²) in [5, 5.41) is 6.31. The van der Waals surface area contributed by atoms with E-state index in [4.69, 9.17) is 11.6 Å². The number of anilines is 1. The van der Waals surface area contributed by atoms with Crippen LogP contribution in [0.15, 0.2) is 65.8 Å². The number of hydrazone groups is 1. The first-order valence-electron chi connectivity index (χ1n) is 6.35. The molecule has 100 valence electrons. The van der Waals surface area contributed by atoms with E-state index in [0.717, 1.165) is 17.5 Å². The molecule has 1 aliphatic heterocycles. The van der Waals surface area contributed by atoms with Gasteiger partial charge in [0.25, 0.3) is 0 Å². The van der Waals surface area contributed by atoms with Crippen LogP contribution in [0.1, 0.15) is 5.56 Å². The van der Waals surface area contributed by atoms with Gasteiger partial charge in [-0.2, -0.15) is 5.10 Å². The second kappa shape index (κ2) is 5.10. The highest BCUT2D eigenvalue weighted by atomic mass is 35.5. The number of aldehydes is 1. The molecule has 0 radical (unpaired) electrons. The van der Waals surface area contributed by atoms with Crippen LogP contribution in [-0.2, 0) is 4.79 Å². The molecule has 0 N–H and O–H groups in total. The summed E-state index contributed by atoms with van der Waals surface area (Å²) in [6.07, 6.45) is 0.767. The first-order chi connectivity index (χ1) is 9.73. The van der Waals surface area contributed by atoms with Gasteiger partial charge < -0.3 is 4.79 Å². The third-order valence-corrected chi connectivity index (χ3v) is 3.67. The molecule has 0 aromatic heterocycles. The normalized spacial score (nSPS) is 21.6. The van der Waals surface area contributed by atoms with E-state index >= 15 is 0 Å². The monoisotopic (exact) mass is 284 g/mol. The summed E-state index contributed by atoms with van der Waals surface area (Å²) in [4.78, 5) is 10.4. The van der Waals surface area contributed by atoms with E-state index in [9.17, 15) is 4.79 Å². The lowest BCUT2D eigenvalue weighted by Crippen LogP contribution is -2.37. The van der Waals surface area contributed by atoms with Crippen molar-refractivity contribution in [3.63, 3.8) is 0 Å². The van der Waals surface area contributed by atoms with Gasteiger partial charge in [-0.25, -0.2) is 0 Å². The largest absolute Gasteiger partial charge is 0.301 e. The standard InChI is InChI=1S/C16H13ClN2O/c17-16(12-20)11-19(14-9-5-2-6-10-14)18-15(16)13-7-3-1-4-8-13/h1-10,12H,11H2. The van der Waals surface area contributed by atoms with Crippen molar-refractivity contribution in [1.29, 1.82) is 0 Å². The molecular weight excluding hydrogens is 272 g/mol. The molecule has 0 fully saturated rings. The predicted molar refractivity (Wildman–Crippen MR) is 81.4 cm³/mol. The highest BCUT2D eigenvalue weighted by Gasteiger charge is 2.42. The van der Waals surface area contributed by atoms with E-state index in [1.807, 2.05) is 60.7 Å². The summed E-state index contributed by atoms with van der Waals surface area (Å²) < 4.78 is 0. The Morgan fingerprint density at radius 2 is 1.65 bits per heavy atom. The first-order valence-corrected chi connectivity index (χ1v) is 6.73. The molecule has 2 aromatic rings. The van der Waals surface area contributed by atoms with Gasteiger partial charge in [0.1, 0.15) is 6.29 Å². The number of nitrogens with zero attached hydrogens (tertiary/aromatic N) is 2. The minimum Gasteiger partial charge on any atom is -0.301 e. The minimum absolute atomic E-state index is 0.340. The first kappa shape index (κ1) is 12.9. The maximum absolute atomic E-state index is 11.5. The molecule has 0 saturated heterocycles. The van der Waals surface area contributed by atoms with Crippen LogP contribution in [0.4, 0.5) is 5.69 Å². The number of alkyl halides is 1. The maximum Gasteiger partial charge on any atom is 0.163 e. The fourth-order valence-corrected chi connectivity index (χ4v) is 2.53. The zero-order chi connectivity index (χ0) is 14.0. The Morgan fingerprint density at radius 3 is 2.25 bits per heavy atom. The molecule has 0 aliphatic carbocycles. The smallest absolute Gasteiger partial charge is 0.163 e. The highest BCUT2D eigenvalue weighted by Crippen LogP contribution is 2.31. The molecule has 0 bridgehead atoms. The predicted octanol–water partition coefficient (Wildman–Crippen LogP) is 3.09. The Balaban J connectivity index is 2.03. The van der Waals surface area contributed by atoms with Crippen LogP contribution in [0, 0.1) is 0 Å². The number of hydrogen-bond acceptors (Lipinski definition) is 3. The molecule has 1 aliphatic rings. The zero-order valence-electron chi connectivity index (χ0n) is 10.7. The summed E-state index contributed by atoms with van der Waals surface area (Å²) in [5.74, 6) is 0. The molecule has 0 spiro atoms. The van der Waals surface area contributed by atoms with Crippen molar-refractivity contribution in [1.82, 2.24) is 0 Å². The van der Waals surface area contributed by atoms with Crippen LogP contribution >= 0.6 is 11.6 Å². The van der Waals surface area contributed by atoms with Crippen LogP contribution in [-0.4, -0.2) is 23.4 Å². The van der Waals surface area contributed by atoms with Gasteiger partial charge in [-0.1, -0.05) is 48.5 Å². The average Bonchev–Trinajstić information content (AvgIpc) is 2.88. The lowest BCUT2D eigenvalue weighted by molar-refractivity contribution is -0.108. The summed E-state index contributed by atoms with van der Waals surface area (Å²) in [6, 6.07) is 19.3. The van der Waals surface area contributed by atoms with Crippen molar-refractivity contribution in [3.05, 3.63) is 66.2 Å². The van der Waals surface area contributed by atoms with Gasteiger partial charge in [0, 0.05) is 5.56 Å². The molecule has 1 heterocycles.